The standard InChI is InChI=1S/C17H25FN6O/c1-4-6-11(7-5-2)20-16-22-15(19)23-17(24-16)21-12-8-9-14(25-3)13(18)10-12/h8-11H,4-7H2,1-3H3,(H4,19,20,21,22,23,24). The van der Waals surface area contributed by atoms with Gasteiger partial charge in [0.15, 0.2) is 11.6 Å². The van der Waals surface area contributed by atoms with Gasteiger partial charge < -0.3 is 21.1 Å². The molecule has 0 bridgehead atoms. The predicted octanol–water partition coefficient (Wildman–Crippen LogP) is 3.73. The van der Waals surface area contributed by atoms with Crippen LogP contribution in [0.4, 0.5) is 27.9 Å². The quantitative estimate of drug-likeness (QED) is 0.635. The number of nitrogens with zero attached hydrogens (tertiary/aromatic N) is 3. The number of hydrogen-bond donors (Lipinski definition) is 3. The molecule has 0 atom stereocenters. The van der Waals surface area contributed by atoms with E-state index in [0.29, 0.717) is 11.6 Å². The van der Waals surface area contributed by atoms with Crippen molar-refractivity contribution in [1.82, 2.24) is 15.0 Å². The number of halogens is 1. The second kappa shape index (κ2) is 9.00. The molecule has 4 N–H and O–H groups in total. The monoisotopic (exact) mass is 348 g/mol. The molecule has 0 fully saturated rings. The first-order chi connectivity index (χ1) is 12.0. The smallest absolute Gasteiger partial charge is 0.233 e. The zero-order valence-corrected chi connectivity index (χ0v) is 14.8. The molecule has 0 aliphatic carbocycles. The number of hydrogen-bond acceptors (Lipinski definition) is 7. The van der Waals surface area contributed by atoms with Crippen molar-refractivity contribution in [3.63, 3.8) is 0 Å². The van der Waals surface area contributed by atoms with Crippen LogP contribution in [0.2, 0.25) is 0 Å². The first kappa shape index (κ1) is 18.7. The van der Waals surface area contributed by atoms with Gasteiger partial charge in [-0.15, -0.1) is 0 Å². The minimum absolute atomic E-state index is 0.0979. The molecule has 1 heterocycles. The van der Waals surface area contributed by atoms with Gasteiger partial charge >= 0.3 is 0 Å². The van der Waals surface area contributed by atoms with Crippen molar-refractivity contribution in [2.75, 3.05) is 23.5 Å². The van der Waals surface area contributed by atoms with Crippen LogP contribution < -0.4 is 21.1 Å². The van der Waals surface area contributed by atoms with E-state index in [0.717, 1.165) is 25.7 Å². The Labute approximate surface area is 147 Å². The van der Waals surface area contributed by atoms with Crippen molar-refractivity contribution in [1.29, 1.82) is 0 Å². The fourth-order valence-corrected chi connectivity index (χ4v) is 2.55. The normalized spacial score (nSPS) is 10.8. The lowest BCUT2D eigenvalue weighted by atomic mass is 10.1. The van der Waals surface area contributed by atoms with Crippen LogP contribution in [-0.4, -0.2) is 28.1 Å². The van der Waals surface area contributed by atoms with Crippen LogP contribution in [0.3, 0.4) is 0 Å². The van der Waals surface area contributed by atoms with E-state index in [1.54, 1.807) is 6.07 Å². The van der Waals surface area contributed by atoms with Gasteiger partial charge in [0.05, 0.1) is 7.11 Å². The Morgan fingerprint density at radius 1 is 1.12 bits per heavy atom. The number of nitrogens with two attached hydrogens (primary N) is 1. The van der Waals surface area contributed by atoms with Crippen molar-refractivity contribution < 1.29 is 9.13 Å². The molecule has 136 valence electrons. The molecule has 0 spiro atoms. The van der Waals surface area contributed by atoms with Gasteiger partial charge in [-0.05, 0) is 25.0 Å². The van der Waals surface area contributed by atoms with Crippen molar-refractivity contribution in [2.45, 2.75) is 45.6 Å². The summed E-state index contributed by atoms with van der Waals surface area (Å²) >= 11 is 0. The lowest BCUT2D eigenvalue weighted by Crippen LogP contribution is -2.21. The fraction of sp³-hybridized carbons (Fsp3) is 0.471. The summed E-state index contributed by atoms with van der Waals surface area (Å²) in [4.78, 5) is 12.5. The summed E-state index contributed by atoms with van der Waals surface area (Å²) in [5.74, 6) is 0.465. The zero-order chi connectivity index (χ0) is 18.2. The molecule has 2 aromatic rings. The molecule has 0 saturated carbocycles. The highest BCUT2D eigenvalue weighted by Crippen LogP contribution is 2.23. The topological polar surface area (TPSA) is 98.0 Å². The average molecular weight is 348 g/mol. The summed E-state index contributed by atoms with van der Waals surface area (Å²) in [5, 5.41) is 6.24. The third-order valence-corrected chi connectivity index (χ3v) is 3.67. The largest absolute Gasteiger partial charge is 0.494 e. The van der Waals surface area contributed by atoms with E-state index in [1.165, 1.54) is 19.2 Å². The van der Waals surface area contributed by atoms with Crippen molar-refractivity contribution in [3.8, 4) is 5.75 Å². The number of methoxy groups -OCH3 is 1. The summed E-state index contributed by atoms with van der Waals surface area (Å²) < 4.78 is 18.7. The van der Waals surface area contributed by atoms with E-state index >= 15 is 0 Å². The van der Waals surface area contributed by atoms with E-state index in [9.17, 15) is 4.39 Å². The molecule has 0 amide bonds. The van der Waals surface area contributed by atoms with Crippen LogP contribution in [0, 0.1) is 5.82 Å². The Bertz CT molecular complexity index is 691. The van der Waals surface area contributed by atoms with Crippen LogP contribution in [0.5, 0.6) is 5.75 Å². The van der Waals surface area contributed by atoms with Crippen LogP contribution in [0.15, 0.2) is 18.2 Å². The predicted molar refractivity (Wildman–Crippen MR) is 97.7 cm³/mol. The first-order valence-electron chi connectivity index (χ1n) is 8.44. The zero-order valence-electron chi connectivity index (χ0n) is 14.8. The molecule has 2 rings (SSSR count). The number of rotatable bonds is 9. The fourth-order valence-electron chi connectivity index (χ4n) is 2.55. The van der Waals surface area contributed by atoms with Gasteiger partial charge in [0.25, 0.3) is 0 Å². The van der Waals surface area contributed by atoms with Crippen molar-refractivity contribution in [3.05, 3.63) is 24.0 Å². The SMILES string of the molecule is CCCC(CCC)Nc1nc(N)nc(Nc2ccc(OC)c(F)c2)n1. The lowest BCUT2D eigenvalue weighted by molar-refractivity contribution is 0.386. The van der Waals surface area contributed by atoms with Gasteiger partial charge in [-0.25, -0.2) is 4.39 Å². The highest BCUT2D eigenvalue weighted by Gasteiger charge is 2.11. The molecule has 0 aliphatic rings. The lowest BCUT2D eigenvalue weighted by Gasteiger charge is -2.17. The third kappa shape index (κ3) is 5.44. The van der Waals surface area contributed by atoms with Gasteiger partial charge in [0.2, 0.25) is 17.8 Å². The highest BCUT2D eigenvalue weighted by atomic mass is 19.1. The van der Waals surface area contributed by atoms with Crippen LogP contribution >= 0.6 is 0 Å². The van der Waals surface area contributed by atoms with Crippen LogP contribution in [-0.2, 0) is 0 Å². The van der Waals surface area contributed by atoms with Gasteiger partial charge in [-0.3, -0.25) is 0 Å². The molecular formula is C17H25FN6O. The van der Waals surface area contributed by atoms with Gasteiger partial charge in [-0.2, -0.15) is 15.0 Å². The molecule has 7 nitrogen and oxygen atoms in total. The Balaban J connectivity index is 2.16. The molecule has 0 radical (unpaired) electrons. The van der Waals surface area contributed by atoms with Crippen molar-refractivity contribution in [2.24, 2.45) is 0 Å². The number of benzene rings is 1. The van der Waals surface area contributed by atoms with Crippen molar-refractivity contribution >= 4 is 23.5 Å². The molecule has 1 aromatic heterocycles. The average Bonchev–Trinajstić information content (AvgIpc) is 2.55. The van der Waals surface area contributed by atoms with E-state index in [-0.39, 0.29) is 23.7 Å². The summed E-state index contributed by atoms with van der Waals surface area (Å²) in [5.41, 5.74) is 6.27. The number of nitrogen functional groups attached to an aromatic ring is 1. The number of nitrogens with one attached hydrogen (secondary N) is 2. The molecule has 1 aromatic carbocycles. The van der Waals surface area contributed by atoms with Crippen LogP contribution in [0.1, 0.15) is 39.5 Å². The first-order valence-corrected chi connectivity index (χ1v) is 8.44. The molecule has 25 heavy (non-hydrogen) atoms. The summed E-state index contributed by atoms with van der Waals surface area (Å²) in [7, 11) is 1.42. The van der Waals surface area contributed by atoms with E-state index < -0.39 is 5.82 Å². The molecule has 0 aliphatic heterocycles. The minimum Gasteiger partial charge on any atom is -0.494 e. The molecule has 0 unspecified atom stereocenters. The summed E-state index contributed by atoms with van der Waals surface area (Å²) in [6, 6.07) is 4.79. The number of aromatic nitrogens is 3. The Morgan fingerprint density at radius 2 is 1.80 bits per heavy atom. The second-order valence-corrected chi connectivity index (χ2v) is 5.73. The maximum Gasteiger partial charge on any atom is 0.233 e. The van der Waals surface area contributed by atoms with E-state index in [2.05, 4.69) is 39.4 Å². The third-order valence-electron chi connectivity index (χ3n) is 3.67. The minimum atomic E-state index is -0.473. The van der Waals surface area contributed by atoms with Gasteiger partial charge in [0, 0.05) is 17.8 Å². The van der Waals surface area contributed by atoms with Gasteiger partial charge in [-0.1, -0.05) is 26.7 Å². The van der Waals surface area contributed by atoms with E-state index in [4.69, 9.17) is 10.5 Å². The Hall–Kier alpha value is -2.64. The Kier molecular flexibility index (Phi) is 6.73. The maximum absolute atomic E-state index is 13.8. The van der Waals surface area contributed by atoms with Gasteiger partial charge in [0.1, 0.15) is 0 Å². The van der Waals surface area contributed by atoms with E-state index in [1.807, 2.05) is 0 Å². The maximum atomic E-state index is 13.8. The number of ether oxygens (including phenoxy) is 1. The summed E-state index contributed by atoms with van der Waals surface area (Å²) in [6.07, 6.45) is 4.17. The van der Waals surface area contributed by atoms with Crippen LogP contribution in [0.25, 0.3) is 0 Å². The molecule has 8 heteroatoms. The Morgan fingerprint density at radius 3 is 2.40 bits per heavy atom. The second-order valence-electron chi connectivity index (χ2n) is 5.73. The molecular weight excluding hydrogens is 323 g/mol. The molecule has 0 saturated heterocycles. The number of anilines is 4. The summed E-state index contributed by atoms with van der Waals surface area (Å²) in [6.45, 7) is 4.27. The highest BCUT2D eigenvalue weighted by molar-refractivity contribution is 5.56.